The number of nitrogens with one attached hydrogen (secondary N) is 4. The molecule has 0 spiro atoms. The maximum atomic E-state index is 13.3. The molecule has 1 saturated heterocycles. The van der Waals surface area contributed by atoms with E-state index in [-0.39, 0.29) is 23.7 Å². The van der Waals surface area contributed by atoms with Gasteiger partial charge in [-0.3, -0.25) is 19.2 Å². The average Bonchev–Trinajstić information content (AvgIpc) is 2.86. The monoisotopic (exact) mass is 537 g/mol. The highest BCUT2D eigenvalue weighted by Gasteiger charge is 2.33. The van der Waals surface area contributed by atoms with Crippen molar-refractivity contribution >= 4 is 29.9 Å². The summed E-state index contributed by atoms with van der Waals surface area (Å²) >= 11 is 0. The number of amides is 4. The van der Waals surface area contributed by atoms with Crippen LogP contribution < -0.4 is 21.3 Å². The summed E-state index contributed by atoms with van der Waals surface area (Å²) in [4.78, 5) is 65.4. The minimum absolute atomic E-state index is 0.111. The van der Waals surface area contributed by atoms with Gasteiger partial charge in [-0.15, -0.1) is 0 Å². The number of carbonyl (C=O) groups excluding carboxylic acids is 5. The highest BCUT2D eigenvalue weighted by molar-refractivity contribution is 5.94. The molecule has 1 fully saturated rings. The number of hydrogen-bond donors (Lipinski definition) is 4. The second-order valence-electron chi connectivity index (χ2n) is 11.5. The Balaban J connectivity index is 2.85. The van der Waals surface area contributed by atoms with Gasteiger partial charge in [0.2, 0.25) is 23.6 Å². The molecule has 38 heavy (non-hydrogen) atoms. The van der Waals surface area contributed by atoms with Crippen molar-refractivity contribution in [3.8, 4) is 0 Å². The van der Waals surface area contributed by atoms with Crippen LogP contribution in [0.25, 0.3) is 0 Å². The molecular weight excluding hydrogens is 486 g/mol. The van der Waals surface area contributed by atoms with Crippen LogP contribution in [-0.4, -0.2) is 78.6 Å². The van der Waals surface area contributed by atoms with E-state index in [4.69, 9.17) is 0 Å². The van der Waals surface area contributed by atoms with Crippen LogP contribution in [0.4, 0.5) is 0 Å². The van der Waals surface area contributed by atoms with Crippen molar-refractivity contribution in [1.82, 2.24) is 26.2 Å². The Labute approximate surface area is 228 Å². The summed E-state index contributed by atoms with van der Waals surface area (Å²) in [6.07, 6.45) is 5.34. The lowest BCUT2D eigenvalue weighted by atomic mass is 9.98. The maximum Gasteiger partial charge on any atom is 0.243 e. The van der Waals surface area contributed by atoms with Gasteiger partial charge in [0, 0.05) is 13.0 Å². The van der Waals surface area contributed by atoms with Crippen molar-refractivity contribution in [3.63, 3.8) is 0 Å². The van der Waals surface area contributed by atoms with E-state index in [0.29, 0.717) is 32.1 Å². The molecule has 4 N–H and O–H groups in total. The molecule has 0 saturated carbocycles. The molecule has 0 unspecified atom stereocenters. The molecule has 1 aliphatic rings. The first-order valence-corrected chi connectivity index (χ1v) is 14.3. The van der Waals surface area contributed by atoms with Gasteiger partial charge < -0.3 is 31.0 Å². The predicted molar refractivity (Wildman–Crippen MR) is 148 cm³/mol. The van der Waals surface area contributed by atoms with Crippen molar-refractivity contribution in [2.75, 3.05) is 19.6 Å². The zero-order valence-corrected chi connectivity index (χ0v) is 24.5. The van der Waals surface area contributed by atoms with E-state index in [0.717, 1.165) is 25.9 Å². The smallest absolute Gasteiger partial charge is 0.243 e. The van der Waals surface area contributed by atoms with Crippen LogP contribution in [0, 0.1) is 17.8 Å². The fraction of sp³-hybridized carbons (Fsp3) is 0.821. The van der Waals surface area contributed by atoms with Gasteiger partial charge >= 0.3 is 0 Å². The summed E-state index contributed by atoms with van der Waals surface area (Å²) < 4.78 is 0. The van der Waals surface area contributed by atoms with Gasteiger partial charge in [-0.2, -0.15) is 0 Å². The van der Waals surface area contributed by atoms with Gasteiger partial charge in [0.05, 0.1) is 6.04 Å². The minimum Gasteiger partial charge on any atom is -0.345 e. The summed E-state index contributed by atoms with van der Waals surface area (Å²) in [5, 5.41) is 11.1. The lowest BCUT2D eigenvalue weighted by Crippen LogP contribution is -2.59. The van der Waals surface area contributed by atoms with Crippen LogP contribution >= 0.6 is 0 Å². The van der Waals surface area contributed by atoms with Crippen LogP contribution in [0.2, 0.25) is 0 Å². The third kappa shape index (κ3) is 11.9. The van der Waals surface area contributed by atoms with E-state index in [1.54, 1.807) is 6.92 Å². The van der Waals surface area contributed by atoms with E-state index in [2.05, 4.69) is 26.2 Å². The predicted octanol–water partition coefficient (Wildman–Crippen LogP) is 1.77. The number of rotatable bonds is 16. The SMILES string of the molecule is CC[C@@H](C=O)NC(=O)[C@H](CC(C)C)NC(=O)[C@@H](NC(=O)[C@@H](NC(=O)CCN1CCCCC1)C(C)C)C(C)C. The Hall–Kier alpha value is -2.49. The first-order valence-electron chi connectivity index (χ1n) is 14.3. The highest BCUT2D eigenvalue weighted by atomic mass is 16.2. The van der Waals surface area contributed by atoms with Gasteiger partial charge in [0.15, 0.2) is 0 Å². The quantitative estimate of drug-likeness (QED) is 0.222. The second-order valence-corrected chi connectivity index (χ2v) is 11.5. The summed E-state index contributed by atoms with van der Waals surface area (Å²) in [6.45, 7) is 15.6. The molecule has 10 heteroatoms. The minimum atomic E-state index is -0.899. The molecule has 0 aromatic carbocycles. The third-order valence-electron chi connectivity index (χ3n) is 6.89. The van der Waals surface area contributed by atoms with Crippen LogP contribution in [0.5, 0.6) is 0 Å². The number of hydrogen-bond acceptors (Lipinski definition) is 6. The second kappa shape index (κ2) is 17.2. The van der Waals surface area contributed by atoms with E-state index >= 15 is 0 Å². The van der Waals surface area contributed by atoms with Crippen LogP contribution in [-0.2, 0) is 24.0 Å². The highest BCUT2D eigenvalue weighted by Crippen LogP contribution is 2.11. The first kappa shape index (κ1) is 33.5. The van der Waals surface area contributed by atoms with E-state index in [1.165, 1.54) is 6.42 Å². The first-order chi connectivity index (χ1) is 17.9. The molecule has 1 rings (SSSR count). The van der Waals surface area contributed by atoms with Gasteiger partial charge in [-0.25, -0.2) is 0 Å². The molecule has 0 aliphatic carbocycles. The largest absolute Gasteiger partial charge is 0.345 e. The van der Waals surface area contributed by atoms with Gasteiger partial charge in [-0.05, 0) is 56.5 Å². The maximum absolute atomic E-state index is 13.3. The van der Waals surface area contributed by atoms with Crippen molar-refractivity contribution in [1.29, 1.82) is 0 Å². The number of aldehydes is 1. The van der Waals surface area contributed by atoms with E-state index in [9.17, 15) is 24.0 Å². The summed E-state index contributed by atoms with van der Waals surface area (Å²) in [6, 6.07) is -3.15. The van der Waals surface area contributed by atoms with E-state index in [1.807, 2.05) is 41.5 Å². The van der Waals surface area contributed by atoms with Crippen LogP contribution in [0.15, 0.2) is 0 Å². The molecule has 0 aromatic heterocycles. The van der Waals surface area contributed by atoms with Crippen LogP contribution in [0.3, 0.4) is 0 Å². The number of carbonyl (C=O) groups is 5. The fourth-order valence-electron chi connectivity index (χ4n) is 4.48. The Kier molecular flexibility index (Phi) is 15.2. The summed E-state index contributed by atoms with van der Waals surface area (Å²) in [5.74, 6) is -1.87. The number of nitrogens with zero attached hydrogens (tertiary/aromatic N) is 1. The molecule has 4 amide bonds. The van der Waals surface area contributed by atoms with Gasteiger partial charge in [0.1, 0.15) is 24.4 Å². The fourth-order valence-corrected chi connectivity index (χ4v) is 4.48. The summed E-state index contributed by atoms with van der Waals surface area (Å²) in [5.41, 5.74) is 0. The summed E-state index contributed by atoms with van der Waals surface area (Å²) in [7, 11) is 0. The van der Waals surface area contributed by atoms with Crippen molar-refractivity contribution in [3.05, 3.63) is 0 Å². The number of likely N-dealkylation sites (tertiary alicyclic amines) is 1. The van der Waals surface area contributed by atoms with Gasteiger partial charge in [0.25, 0.3) is 0 Å². The zero-order chi connectivity index (χ0) is 28.8. The molecule has 0 aromatic rings. The molecule has 1 aliphatic heterocycles. The lowest BCUT2D eigenvalue weighted by molar-refractivity contribution is -0.135. The molecular formula is C28H51N5O5. The Morgan fingerprint density at radius 3 is 1.82 bits per heavy atom. The molecule has 4 atom stereocenters. The Bertz CT molecular complexity index is 780. The third-order valence-corrected chi connectivity index (χ3v) is 6.89. The number of piperidine rings is 1. The molecule has 0 radical (unpaired) electrons. The van der Waals surface area contributed by atoms with Gasteiger partial charge in [-0.1, -0.05) is 54.9 Å². The lowest BCUT2D eigenvalue weighted by Gasteiger charge is -2.29. The van der Waals surface area contributed by atoms with Crippen molar-refractivity contribution in [2.45, 2.75) is 111 Å². The normalized spacial score (nSPS) is 17.4. The van der Waals surface area contributed by atoms with Crippen molar-refractivity contribution < 1.29 is 24.0 Å². The molecule has 10 nitrogen and oxygen atoms in total. The molecule has 218 valence electrons. The molecule has 1 heterocycles. The van der Waals surface area contributed by atoms with E-state index < -0.39 is 41.9 Å². The average molecular weight is 538 g/mol. The molecule has 0 bridgehead atoms. The standard InChI is InChI=1S/C28H51N5O5/c1-8-21(17-34)29-26(36)22(16-18(2)3)30-27(37)25(20(6)7)32-28(38)24(19(4)5)31-23(35)12-15-33-13-10-9-11-14-33/h17-22,24-25H,8-16H2,1-7H3,(H,29,36)(H,30,37)(H,31,35)(H,32,38)/t21-,22-,24-,25-/m0/s1. The topological polar surface area (TPSA) is 137 Å². The Morgan fingerprint density at radius 1 is 0.763 bits per heavy atom. The van der Waals surface area contributed by atoms with Crippen molar-refractivity contribution in [2.24, 2.45) is 17.8 Å². The zero-order valence-electron chi connectivity index (χ0n) is 24.5. The Morgan fingerprint density at radius 2 is 1.32 bits per heavy atom. The van der Waals surface area contributed by atoms with Crippen LogP contribution in [0.1, 0.15) is 87.0 Å².